The molecular formula is C20H22ClNO6. The van der Waals surface area contributed by atoms with Crippen molar-refractivity contribution in [3.63, 3.8) is 0 Å². The van der Waals surface area contributed by atoms with Crippen molar-refractivity contribution in [1.29, 1.82) is 0 Å². The van der Waals surface area contributed by atoms with Crippen molar-refractivity contribution in [3.05, 3.63) is 40.4 Å². The van der Waals surface area contributed by atoms with Crippen molar-refractivity contribution in [3.8, 4) is 28.7 Å². The van der Waals surface area contributed by atoms with Gasteiger partial charge in [0, 0.05) is 35.8 Å². The van der Waals surface area contributed by atoms with E-state index in [9.17, 15) is 0 Å². The minimum absolute atomic E-state index is 0.0240. The Labute approximate surface area is 168 Å². The second-order valence-electron chi connectivity index (χ2n) is 6.36. The highest BCUT2D eigenvalue weighted by atomic mass is 35.5. The van der Waals surface area contributed by atoms with Crippen LogP contribution in [0.3, 0.4) is 0 Å². The van der Waals surface area contributed by atoms with Crippen LogP contribution in [0.15, 0.2) is 24.3 Å². The molecule has 0 aliphatic carbocycles. The molecule has 28 heavy (non-hydrogen) atoms. The molecular weight excluding hydrogens is 386 g/mol. The molecule has 1 unspecified atom stereocenters. The summed E-state index contributed by atoms with van der Waals surface area (Å²) in [6, 6.07) is 7.37. The zero-order chi connectivity index (χ0) is 19.5. The summed E-state index contributed by atoms with van der Waals surface area (Å²) in [6.07, 6.45) is -0.0240. The molecule has 2 aliphatic rings. The summed E-state index contributed by atoms with van der Waals surface area (Å²) in [7, 11) is 3.13. The van der Waals surface area contributed by atoms with E-state index in [1.165, 1.54) is 0 Å². The average Bonchev–Trinajstić information content (AvgIpc) is 3.34. The fourth-order valence-corrected chi connectivity index (χ4v) is 3.59. The van der Waals surface area contributed by atoms with Gasteiger partial charge >= 0.3 is 0 Å². The molecule has 2 aromatic carbocycles. The van der Waals surface area contributed by atoms with Crippen molar-refractivity contribution in [2.75, 3.05) is 40.7 Å². The first kappa shape index (κ1) is 19.0. The molecule has 0 spiro atoms. The molecule has 1 atom stereocenters. The van der Waals surface area contributed by atoms with Gasteiger partial charge in [0.05, 0.1) is 26.9 Å². The Balaban J connectivity index is 1.30. The third-order valence-corrected chi connectivity index (χ3v) is 4.95. The first-order valence-electron chi connectivity index (χ1n) is 8.99. The Morgan fingerprint density at radius 3 is 2.68 bits per heavy atom. The van der Waals surface area contributed by atoms with Gasteiger partial charge in [0.1, 0.15) is 6.61 Å². The monoisotopic (exact) mass is 407 g/mol. The van der Waals surface area contributed by atoms with Gasteiger partial charge in [0.25, 0.3) is 0 Å². The zero-order valence-electron chi connectivity index (χ0n) is 15.7. The van der Waals surface area contributed by atoms with Gasteiger partial charge in [-0.05, 0) is 11.6 Å². The summed E-state index contributed by atoms with van der Waals surface area (Å²) < 4.78 is 33.4. The summed E-state index contributed by atoms with van der Waals surface area (Å²) in [4.78, 5) is 0. The Morgan fingerprint density at radius 2 is 1.93 bits per heavy atom. The maximum Gasteiger partial charge on any atom is 0.231 e. The molecule has 7 nitrogen and oxygen atoms in total. The highest BCUT2D eigenvalue weighted by Crippen LogP contribution is 2.44. The first-order valence-corrected chi connectivity index (χ1v) is 9.37. The molecule has 1 N–H and O–H groups in total. The zero-order valence-corrected chi connectivity index (χ0v) is 16.5. The smallest absolute Gasteiger partial charge is 0.231 e. The lowest BCUT2D eigenvalue weighted by molar-refractivity contribution is 0.0646. The Bertz CT molecular complexity index is 834. The number of hydrogen-bond donors (Lipinski definition) is 1. The number of hydrogen-bond acceptors (Lipinski definition) is 7. The van der Waals surface area contributed by atoms with E-state index < -0.39 is 0 Å². The van der Waals surface area contributed by atoms with Gasteiger partial charge < -0.3 is 33.7 Å². The fraction of sp³-hybridized carbons (Fsp3) is 0.400. The van der Waals surface area contributed by atoms with Crippen LogP contribution in [0, 0.1) is 0 Å². The van der Waals surface area contributed by atoms with Gasteiger partial charge in [-0.25, -0.2) is 0 Å². The highest BCUT2D eigenvalue weighted by Gasteiger charge is 2.30. The van der Waals surface area contributed by atoms with E-state index in [1.54, 1.807) is 26.4 Å². The van der Waals surface area contributed by atoms with E-state index in [0.717, 1.165) is 22.6 Å². The molecule has 0 fully saturated rings. The Hall–Kier alpha value is -2.35. The fourth-order valence-electron chi connectivity index (χ4n) is 3.39. The number of ether oxygens (including phenoxy) is 6. The maximum absolute atomic E-state index is 6.05. The van der Waals surface area contributed by atoms with Crippen LogP contribution < -0.4 is 29.0 Å². The van der Waals surface area contributed by atoms with Crippen molar-refractivity contribution < 1.29 is 28.4 Å². The third kappa shape index (κ3) is 3.65. The van der Waals surface area contributed by atoms with Crippen LogP contribution in [0.25, 0.3) is 0 Å². The van der Waals surface area contributed by atoms with Gasteiger partial charge in [0.15, 0.2) is 23.0 Å². The molecule has 0 aromatic heterocycles. The quantitative estimate of drug-likeness (QED) is 0.673. The van der Waals surface area contributed by atoms with Crippen LogP contribution in [0.2, 0.25) is 5.02 Å². The van der Waals surface area contributed by atoms with Crippen molar-refractivity contribution in [1.82, 2.24) is 5.32 Å². The molecule has 0 amide bonds. The lowest BCUT2D eigenvalue weighted by Gasteiger charge is -2.16. The molecule has 0 saturated carbocycles. The van der Waals surface area contributed by atoms with Crippen LogP contribution in [-0.2, 0) is 11.3 Å². The van der Waals surface area contributed by atoms with E-state index >= 15 is 0 Å². The largest absolute Gasteiger partial charge is 0.493 e. The van der Waals surface area contributed by atoms with Gasteiger partial charge in [-0.2, -0.15) is 0 Å². The first-order chi connectivity index (χ1) is 13.7. The summed E-state index contributed by atoms with van der Waals surface area (Å²) in [5.74, 6) is 3.20. The molecule has 4 rings (SSSR count). The minimum Gasteiger partial charge on any atom is -0.493 e. The molecule has 0 radical (unpaired) electrons. The van der Waals surface area contributed by atoms with Gasteiger partial charge in [-0.15, -0.1) is 0 Å². The maximum atomic E-state index is 6.05. The SMILES string of the molecule is COc1cc(Cl)cc(OC)c1OCCNCC1OCc2c1ccc1c2OCO1. The van der Waals surface area contributed by atoms with E-state index in [2.05, 4.69) is 5.32 Å². The van der Waals surface area contributed by atoms with Crippen molar-refractivity contribution >= 4 is 11.6 Å². The normalized spacial score (nSPS) is 16.8. The van der Waals surface area contributed by atoms with E-state index in [-0.39, 0.29) is 12.9 Å². The van der Waals surface area contributed by atoms with E-state index in [4.69, 9.17) is 40.0 Å². The number of benzene rings is 2. The summed E-state index contributed by atoms with van der Waals surface area (Å²) in [6.45, 7) is 2.54. The number of nitrogens with one attached hydrogen (secondary N) is 1. The molecule has 0 bridgehead atoms. The summed E-state index contributed by atoms with van der Waals surface area (Å²) in [5, 5.41) is 3.89. The molecule has 2 heterocycles. The van der Waals surface area contributed by atoms with Crippen LogP contribution in [0.1, 0.15) is 17.2 Å². The molecule has 8 heteroatoms. The van der Waals surface area contributed by atoms with Crippen molar-refractivity contribution in [2.24, 2.45) is 0 Å². The van der Waals surface area contributed by atoms with E-state index in [1.807, 2.05) is 12.1 Å². The number of methoxy groups -OCH3 is 2. The lowest BCUT2D eigenvalue weighted by atomic mass is 10.0. The Morgan fingerprint density at radius 1 is 1.14 bits per heavy atom. The minimum atomic E-state index is -0.0240. The molecule has 2 aliphatic heterocycles. The van der Waals surface area contributed by atoms with Crippen LogP contribution in [-0.4, -0.2) is 40.7 Å². The number of halogens is 1. The van der Waals surface area contributed by atoms with Crippen molar-refractivity contribution in [2.45, 2.75) is 12.7 Å². The average molecular weight is 408 g/mol. The summed E-state index contributed by atoms with van der Waals surface area (Å²) >= 11 is 6.05. The van der Waals surface area contributed by atoms with Crippen LogP contribution in [0.5, 0.6) is 28.7 Å². The van der Waals surface area contributed by atoms with Crippen LogP contribution >= 0.6 is 11.6 Å². The standard InChI is InChI=1S/C20H22ClNO6/c1-23-16-7-12(21)8-17(24-2)20(16)25-6-5-22-9-18-13-3-4-15-19(28-11-27-15)14(13)10-26-18/h3-4,7-8,18,22H,5-6,9-11H2,1-2H3. The third-order valence-electron chi connectivity index (χ3n) is 4.73. The highest BCUT2D eigenvalue weighted by molar-refractivity contribution is 6.31. The predicted molar refractivity (Wildman–Crippen MR) is 103 cm³/mol. The van der Waals surface area contributed by atoms with Gasteiger partial charge in [0.2, 0.25) is 12.5 Å². The predicted octanol–water partition coefficient (Wildman–Crippen LogP) is 3.33. The second kappa shape index (κ2) is 8.34. The molecule has 2 aromatic rings. The van der Waals surface area contributed by atoms with Gasteiger partial charge in [-0.1, -0.05) is 17.7 Å². The lowest BCUT2D eigenvalue weighted by Crippen LogP contribution is -2.26. The topological polar surface area (TPSA) is 67.4 Å². The van der Waals surface area contributed by atoms with Crippen LogP contribution in [0.4, 0.5) is 0 Å². The molecule has 150 valence electrons. The summed E-state index contributed by atoms with van der Waals surface area (Å²) in [5.41, 5.74) is 2.22. The Kier molecular flexibility index (Phi) is 5.66. The number of rotatable bonds is 8. The van der Waals surface area contributed by atoms with E-state index in [0.29, 0.717) is 48.6 Å². The second-order valence-corrected chi connectivity index (χ2v) is 6.80. The van der Waals surface area contributed by atoms with Gasteiger partial charge in [-0.3, -0.25) is 0 Å². The molecule has 0 saturated heterocycles. The number of fused-ring (bicyclic) bond motifs is 3.